The zero-order chi connectivity index (χ0) is 13.7. The molecular formula is C15H21N3O. The minimum atomic E-state index is 0.137. The number of piperazine rings is 1. The fraction of sp³-hybridized carbons (Fsp3) is 0.467. The van der Waals surface area contributed by atoms with Crippen molar-refractivity contribution in [2.75, 3.05) is 26.2 Å². The molecule has 2 heterocycles. The van der Waals surface area contributed by atoms with Gasteiger partial charge >= 0.3 is 0 Å². The molecule has 0 unspecified atom stereocenters. The van der Waals surface area contributed by atoms with Crippen LogP contribution in [0.15, 0.2) is 36.0 Å². The van der Waals surface area contributed by atoms with E-state index in [0.29, 0.717) is 0 Å². The summed E-state index contributed by atoms with van der Waals surface area (Å²) in [5.41, 5.74) is 2.15. The van der Waals surface area contributed by atoms with Crippen LogP contribution in [0.5, 0.6) is 0 Å². The Morgan fingerprint density at radius 2 is 2.00 bits per heavy atom. The zero-order valence-corrected chi connectivity index (χ0v) is 11.7. The largest absolute Gasteiger partial charge is 0.337 e. The lowest BCUT2D eigenvalue weighted by molar-refractivity contribution is -0.127. The number of nitrogens with zero attached hydrogens (tertiary/aromatic N) is 3. The van der Waals surface area contributed by atoms with Gasteiger partial charge in [-0.3, -0.25) is 14.7 Å². The highest BCUT2D eigenvalue weighted by Gasteiger charge is 2.19. The molecular weight excluding hydrogens is 238 g/mol. The van der Waals surface area contributed by atoms with Gasteiger partial charge in [0.2, 0.25) is 5.91 Å². The van der Waals surface area contributed by atoms with Crippen LogP contribution >= 0.6 is 0 Å². The Hall–Kier alpha value is -1.68. The first-order valence-corrected chi connectivity index (χ1v) is 6.71. The number of aromatic nitrogens is 1. The molecule has 1 aromatic rings. The van der Waals surface area contributed by atoms with Crippen LogP contribution in [0, 0.1) is 0 Å². The second-order valence-corrected chi connectivity index (χ2v) is 5.14. The van der Waals surface area contributed by atoms with Crippen molar-refractivity contribution in [3.05, 3.63) is 41.7 Å². The highest BCUT2D eigenvalue weighted by molar-refractivity contribution is 5.88. The van der Waals surface area contributed by atoms with Crippen LogP contribution in [0.1, 0.15) is 19.5 Å². The topological polar surface area (TPSA) is 36.4 Å². The van der Waals surface area contributed by atoms with Crippen LogP contribution in [-0.4, -0.2) is 46.9 Å². The minimum absolute atomic E-state index is 0.137. The highest BCUT2D eigenvalue weighted by atomic mass is 16.2. The molecule has 1 amide bonds. The molecule has 0 atom stereocenters. The van der Waals surface area contributed by atoms with Crippen molar-refractivity contribution in [2.45, 2.75) is 20.4 Å². The number of amides is 1. The van der Waals surface area contributed by atoms with E-state index in [4.69, 9.17) is 0 Å². The van der Waals surface area contributed by atoms with Gasteiger partial charge in [-0.2, -0.15) is 0 Å². The van der Waals surface area contributed by atoms with Crippen molar-refractivity contribution < 1.29 is 4.79 Å². The van der Waals surface area contributed by atoms with Crippen molar-refractivity contribution in [3.8, 4) is 0 Å². The van der Waals surface area contributed by atoms with Crippen molar-refractivity contribution in [3.63, 3.8) is 0 Å². The SMILES string of the molecule is CC(C)=CC(=O)N1CCN(Cc2ccccn2)CC1. The third-order valence-electron chi connectivity index (χ3n) is 3.21. The molecule has 19 heavy (non-hydrogen) atoms. The minimum Gasteiger partial charge on any atom is -0.337 e. The number of pyridine rings is 1. The first kappa shape index (κ1) is 13.7. The smallest absolute Gasteiger partial charge is 0.246 e. The number of hydrogen-bond acceptors (Lipinski definition) is 3. The lowest BCUT2D eigenvalue weighted by atomic mass is 10.2. The predicted molar refractivity (Wildman–Crippen MR) is 75.5 cm³/mol. The fourth-order valence-electron chi connectivity index (χ4n) is 2.19. The van der Waals surface area contributed by atoms with E-state index in [0.717, 1.165) is 44.0 Å². The molecule has 0 N–H and O–H groups in total. The van der Waals surface area contributed by atoms with E-state index < -0.39 is 0 Å². The molecule has 4 heteroatoms. The Morgan fingerprint density at radius 1 is 1.26 bits per heavy atom. The van der Waals surface area contributed by atoms with Crippen LogP contribution in [-0.2, 0) is 11.3 Å². The van der Waals surface area contributed by atoms with Crippen molar-refractivity contribution in [1.82, 2.24) is 14.8 Å². The molecule has 0 aliphatic carbocycles. The summed E-state index contributed by atoms with van der Waals surface area (Å²) in [7, 11) is 0. The van der Waals surface area contributed by atoms with Crippen molar-refractivity contribution in [2.24, 2.45) is 0 Å². The summed E-state index contributed by atoms with van der Waals surface area (Å²) in [6, 6.07) is 5.98. The number of carbonyl (C=O) groups excluding carboxylic acids is 1. The molecule has 0 bridgehead atoms. The second-order valence-electron chi connectivity index (χ2n) is 5.14. The highest BCUT2D eigenvalue weighted by Crippen LogP contribution is 2.07. The normalized spacial score (nSPS) is 16.2. The summed E-state index contributed by atoms with van der Waals surface area (Å²) in [6.07, 6.45) is 3.54. The maximum atomic E-state index is 11.9. The van der Waals surface area contributed by atoms with Gasteiger partial charge in [0, 0.05) is 45.0 Å². The van der Waals surface area contributed by atoms with Crippen molar-refractivity contribution in [1.29, 1.82) is 0 Å². The maximum absolute atomic E-state index is 11.9. The lowest BCUT2D eigenvalue weighted by Crippen LogP contribution is -2.47. The Bertz CT molecular complexity index is 444. The molecule has 102 valence electrons. The van der Waals surface area contributed by atoms with Gasteiger partial charge in [0.25, 0.3) is 0 Å². The molecule has 1 aliphatic rings. The zero-order valence-electron chi connectivity index (χ0n) is 11.7. The molecule has 1 aromatic heterocycles. The number of rotatable bonds is 3. The van der Waals surface area contributed by atoms with E-state index in [2.05, 4.69) is 9.88 Å². The van der Waals surface area contributed by atoms with E-state index in [1.165, 1.54) is 0 Å². The maximum Gasteiger partial charge on any atom is 0.246 e. The second kappa shape index (κ2) is 6.48. The first-order chi connectivity index (χ1) is 9.15. The van der Waals surface area contributed by atoms with Crippen LogP contribution in [0.25, 0.3) is 0 Å². The van der Waals surface area contributed by atoms with Crippen LogP contribution in [0.2, 0.25) is 0 Å². The monoisotopic (exact) mass is 259 g/mol. The van der Waals surface area contributed by atoms with Gasteiger partial charge in [-0.1, -0.05) is 11.6 Å². The summed E-state index contributed by atoms with van der Waals surface area (Å²) in [6.45, 7) is 8.21. The Kier molecular flexibility index (Phi) is 4.68. The van der Waals surface area contributed by atoms with Crippen LogP contribution < -0.4 is 0 Å². The third-order valence-corrected chi connectivity index (χ3v) is 3.21. The third kappa shape index (κ3) is 4.17. The standard InChI is InChI=1S/C15H21N3O/c1-13(2)11-15(19)18-9-7-17(8-10-18)12-14-5-3-4-6-16-14/h3-6,11H,7-10,12H2,1-2H3. The number of hydrogen-bond donors (Lipinski definition) is 0. The van der Waals surface area contributed by atoms with Gasteiger partial charge < -0.3 is 4.90 Å². The van der Waals surface area contributed by atoms with Gasteiger partial charge in [-0.15, -0.1) is 0 Å². The Balaban J connectivity index is 1.83. The van der Waals surface area contributed by atoms with E-state index in [9.17, 15) is 4.79 Å². The number of carbonyl (C=O) groups is 1. The lowest BCUT2D eigenvalue weighted by Gasteiger charge is -2.34. The van der Waals surface area contributed by atoms with Gasteiger partial charge in [-0.05, 0) is 26.0 Å². The van der Waals surface area contributed by atoms with Crippen LogP contribution in [0.4, 0.5) is 0 Å². The molecule has 1 aliphatic heterocycles. The molecule has 1 saturated heterocycles. The fourth-order valence-corrected chi connectivity index (χ4v) is 2.19. The summed E-state index contributed by atoms with van der Waals surface area (Å²) < 4.78 is 0. The van der Waals surface area contributed by atoms with Gasteiger partial charge in [0.05, 0.1) is 5.69 Å². The predicted octanol–water partition coefficient (Wildman–Crippen LogP) is 1.69. The Labute approximate surface area is 114 Å². The average Bonchev–Trinajstić information content (AvgIpc) is 2.40. The first-order valence-electron chi connectivity index (χ1n) is 6.71. The molecule has 4 nitrogen and oxygen atoms in total. The summed E-state index contributed by atoms with van der Waals surface area (Å²) in [4.78, 5) is 20.5. The molecule has 0 aromatic carbocycles. The van der Waals surface area contributed by atoms with E-state index >= 15 is 0 Å². The molecule has 0 radical (unpaired) electrons. The summed E-state index contributed by atoms with van der Waals surface area (Å²) in [5.74, 6) is 0.137. The van der Waals surface area contributed by atoms with Gasteiger partial charge in [0.1, 0.15) is 0 Å². The summed E-state index contributed by atoms with van der Waals surface area (Å²) >= 11 is 0. The Morgan fingerprint density at radius 3 is 2.58 bits per heavy atom. The molecule has 0 spiro atoms. The quantitative estimate of drug-likeness (QED) is 0.775. The molecule has 0 saturated carbocycles. The van der Waals surface area contributed by atoms with Crippen LogP contribution in [0.3, 0.4) is 0 Å². The van der Waals surface area contributed by atoms with Gasteiger partial charge in [-0.25, -0.2) is 0 Å². The van der Waals surface area contributed by atoms with Crippen molar-refractivity contribution >= 4 is 5.91 Å². The van der Waals surface area contributed by atoms with E-state index in [-0.39, 0.29) is 5.91 Å². The average molecular weight is 259 g/mol. The molecule has 1 fully saturated rings. The van der Waals surface area contributed by atoms with Gasteiger partial charge in [0.15, 0.2) is 0 Å². The number of allylic oxidation sites excluding steroid dienone is 1. The summed E-state index contributed by atoms with van der Waals surface area (Å²) in [5, 5.41) is 0. The van der Waals surface area contributed by atoms with E-state index in [1.807, 2.05) is 43.1 Å². The van der Waals surface area contributed by atoms with E-state index in [1.54, 1.807) is 6.08 Å². The molecule has 2 rings (SSSR count).